The number of aliphatic carboxylic acids is 1. The molecule has 68 valence electrons. The summed E-state index contributed by atoms with van der Waals surface area (Å²) in [5, 5.41) is 17.1. The molecule has 0 heterocycles. The number of carboxylic acid groups (broad SMARTS) is 1. The minimum absolute atomic E-state index is 0.0126. The van der Waals surface area contributed by atoms with Crippen molar-refractivity contribution in [2.24, 2.45) is 0 Å². The van der Waals surface area contributed by atoms with Crippen molar-refractivity contribution in [3.05, 3.63) is 12.7 Å². The quantitative estimate of drug-likeness (QED) is 0.486. The first-order chi connectivity index (χ1) is 6.16. The van der Waals surface area contributed by atoms with Crippen molar-refractivity contribution in [2.45, 2.75) is 18.9 Å². The van der Waals surface area contributed by atoms with Gasteiger partial charge in [0, 0.05) is 6.42 Å². The minimum Gasteiger partial charge on any atom is -0.481 e. The van der Waals surface area contributed by atoms with E-state index in [0.717, 1.165) is 0 Å². The summed E-state index contributed by atoms with van der Waals surface area (Å²) in [5.74, 6) is 8.86. The van der Waals surface area contributed by atoms with Crippen molar-refractivity contribution in [1.29, 1.82) is 0 Å². The van der Waals surface area contributed by atoms with Gasteiger partial charge in [-0.1, -0.05) is 24.5 Å². The summed E-state index contributed by atoms with van der Waals surface area (Å²) in [6, 6.07) is 0. The summed E-state index contributed by atoms with van der Waals surface area (Å²) < 4.78 is 0. The Balaban J connectivity index is 3.76. The van der Waals surface area contributed by atoms with Crippen LogP contribution in [-0.4, -0.2) is 22.3 Å². The molecule has 0 aromatic rings. The first kappa shape index (κ1) is 11.3. The Hall–Kier alpha value is -1.71. The number of carboxylic acids is 1. The number of carbonyl (C=O) groups is 1. The van der Waals surface area contributed by atoms with E-state index in [2.05, 4.69) is 30.3 Å². The van der Waals surface area contributed by atoms with Crippen LogP contribution in [0.25, 0.3) is 0 Å². The lowest BCUT2D eigenvalue weighted by molar-refractivity contribution is -0.136. The molecule has 0 radical (unpaired) electrons. The first-order valence-corrected chi connectivity index (χ1v) is 3.67. The number of aliphatic hydroxyl groups excluding tert-OH is 1. The van der Waals surface area contributed by atoms with E-state index in [-0.39, 0.29) is 12.8 Å². The molecule has 0 aliphatic heterocycles. The third-order valence-electron chi connectivity index (χ3n) is 1.06. The van der Waals surface area contributed by atoms with Crippen molar-refractivity contribution < 1.29 is 15.0 Å². The van der Waals surface area contributed by atoms with Crippen molar-refractivity contribution >= 4 is 5.97 Å². The highest BCUT2D eigenvalue weighted by molar-refractivity contribution is 5.67. The van der Waals surface area contributed by atoms with Gasteiger partial charge in [0.05, 0.1) is 6.42 Å². The lowest BCUT2D eigenvalue weighted by Crippen LogP contribution is -1.94. The summed E-state index contributed by atoms with van der Waals surface area (Å²) in [5.41, 5.74) is 0. The van der Waals surface area contributed by atoms with Gasteiger partial charge in [0.2, 0.25) is 0 Å². The van der Waals surface area contributed by atoms with Crippen LogP contribution in [0.1, 0.15) is 12.8 Å². The molecule has 0 aliphatic carbocycles. The smallest absolute Gasteiger partial charge is 0.304 e. The summed E-state index contributed by atoms with van der Waals surface area (Å²) in [4.78, 5) is 10.0. The maximum Gasteiger partial charge on any atom is 0.304 e. The summed E-state index contributed by atoms with van der Waals surface area (Å²) in [7, 11) is 0. The second kappa shape index (κ2) is 6.97. The van der Waals surface area contributed by atoms with Crippen LogP contribution in [0.3, 0.4) is 0 Å². The van der Waals surface area contributed by atoms with Crippen LogP contribution in [0.4, 0.5) is 0 Å². The summed E-state index contributed by atoms with van der Waals surface area (Å²) in [6.45, 7) is 3.32. The van der Waals surface area contributed by atoms with Gasteiger partial charge in [-0.15, -0.1) is 0 Å². The Morgan fingerprint density at radius 3 is 2.77 bits per heavy atom. The molecule has 0 unspecified atom stereocenters. The van der Waals surface area contributed by atoms with Crippen molar-refractivity contribution in [1.82, 2.24) is 0 Å². The van der Waals surface area contributed by atoms with Crippen LogP contribution >= 0.6 is 0 Å². The van der Waals surface area contributed by atoms with E-state index in [1.165, 1.54) is 6.08 Å². The maximum absolute atomic E-state index is 10.0. The highest BCUT2D eigenvalue weighted by Gasteiger charge is 1.90. The fourth-order valence-electron chi connectivity index (χ4n) is 0.445. The molecule has 0 amide bonds. The molecule has 1 atom stereocenters. The molecule has 2 N–H and O–H groups in total. The zero-order valence-corrected chi connectivity index (χ0v) is 7.08. The fourth-order valence-corrected chi connectivity index (χ4v) is 0.445. The Kier molecular flexibility index (Phi) is 6.05. The van der Waals surface area contributed by atoms with Crippen LogP contribution in [-0.2, 0) is 4.79 Å². The van der Waals surface area contributed by atoms with E-state index in [1.807, 2.05) is 0 Å². The van der Waals surface area contributed by atoms with E-state index in [4.69, 9.17) is 10.2 Å². The van der Waals surface area contributed by atoms with Crippen molar-refractivity contribution in [3.8, 4) is 23.7 Å². The third kappa shape index (κ3) is 8.19. The standard InChI is InChI=1S/C10H10O3/c1-2-9(11)7-5-3-4-6-8-10(12)13/h2,9,11H,1,6,8H2,(H,12,13)/t9-/m1/s1. The molecular formula is C10H10O3. The SMILES string of the molecule is C=C[C@@H](O)C#CC#CCCC(=O)O. The van der Waals surface area contributed by atoms with E-state index in [9.17, 15) is 4.79 Å². The average molecular weight is 178 g/mol. The maximum atomic E-state index is 10.0. The van der Waals surface area contributed by atoms with Gasteiger partial charge in [-0.25, -0.2) is 0 Å². The van der Waals surface area contributed by atoms with Gasteiger partial charge in [0.1, 0.15) is 6.10 Å². The second-order valence-corrected chi connectivity index (χ2v) is 2.15. The van der Waals surface area contributed by atoms with Gasteiger partial charge in [-0.05, 0) is 11.8 Å². The molecule has 0 spiro atoms. The van der Waals surface area contributed by atoms with E-state index in [1.54, 1.807) is 0 Å². The Labute approximate surface area is 77.1 Å². The molecule has 0 saturated carbocycles. The predicted octanol–water partition coefficient (Wildman–Crippen LogP) is 0.405. The second-order valence-electron chi connectivity index (χ2n) is 2.15. The third-order valence-corrected chi connectivity index (χ3v) is 1.06. The summed E-state index contributed by atoms with van der Waals surface area (Å²) in [6.07, 6.45) is 0.701. The van der Waals surface area contributed by atoms with Gasteiger partial charge in [0.15, 0.2) is 0 Å². The number of hydrogen-bond acceptors (Lipinski definition) is 2. The van der Waals surface area contributed by atoms with Gasteiger partial charge in [-0.3, -0.25) is 4.79 Å². The molecule has 3 heteroatoms. The van der Waals surface area contributed by atoms with Crippen LogP contribution in [0.5, 0.6) is 0 Å². The zero-order chi connectivity index (χ0) is 10.1. The van der Waals surface area contributed by atoms with Gasteiger partial charge in [0.25, 0.3) is 0 Å². The van der Waals surface area contributed by atoms with Crippen LogP contribution in [0.15, 0.2) is 12.7 Å². The molecule has 0 aliphatic rings. The Morgan fingerprint density at radius 1 is 1.54 bits per heavy atom. The van der Waals surface area contributed by atoms with Crippen LogP contribution in [0.2, 0.25) is 0 Å². The molecule has 0 bridgehead atoms. The van der Waals surface area contributed by atoms with Crippen LogP contribution in [0, 0.1) is 23.7 Å². The molecule has 0 rings (SSSR count). The molecule has 3 nitrogen and oxygen atoms in total. The first-order valence-electron chi connectivity index (χ1n) is 3.67. The highest BCUT2D eigenvalue weighted by atomic mass is 16.4. The lowest BCUT2D eigenvalue weighted by Gasteiger charge is -1.86. The van der Waals surface area contributed by atoms with E-state index < -0.39 is 12.1 Å². The largest absolute Gasteiger partial charge is 0.481 e. The zero-order valence-electron chi connectivity index (χ0n) is 7.08. The lowest BCUT2D eigenvalue weighted by atomic mass is 10.3. The molecule has 13 heavy (non-hydrogen) atoms. The monoisotopic (exact) mass is 178 g/mol. The van der Waals surface area contributed by atoms with Crippen molar-refractivity contribution in [3.63, 3.8) is 0 Å². The topological polar surface area (TPSA) is 57.5 Å². The number of rotatable bonds is 3. The van der Waals surface area contributed by atoms with Gasteiger partial charge >= 0.3 is 5.97 Å². The molecular weight excluding hydrogens is 168 g/mol. The van der Waals surface area contributed by atoms with Crippen molar-refractivity contribution in [2.75, 3.05) is 0 Å². The number of aliphatic hydroxyl groups is 1. The average Bonchev–Trinajstić information content (AvgIpc) is 2.10. The van der Waals surface area contributed by atoms with Gasteiger partial charge in [-0.2, -0.15) is 0 Å². The molecule has 0 fully saturated rings. The Morgan fingerprint density at radius 2 is 2.23 bits per heavy atom. The predicted molar refractivity (Wildman–Crippen MR) is 48.6 cm³/mol. The molecule has 0 aromatic heterocycles. The number of hydrogen-bond donors (Lipinski definition) is 2. The van der Waals surface area contributed by atoms with E-state index in [0.29, 0.717) is 0 Å². The summed E-state index contributed by atoms with van der Waals surface area (Å²) >= 11 is 0. The highest BCUT2D eigenvalue weighted by Crippen LogP contribution is 1.84. The molecule has 0 aromatic carbocycles. The van der Waals surface area contributed by atoms with E-state index >= 15 is 0 Å². The minimum atomic E-state index is -0.881. The Bertz CT molecular complexity index is 296. The molecule has 0 saturated heterocycles. The van der Waals surface area contributed by atoms with Crippen LogP contribution < -0.4 is 0 Å². The van der Waals surface area contributed by atoms with Gasteiger partial charge < -0.3 is 10.2 Å². The fraction of sp³-hybridized carbons (Fsp3) is 0.300. The normalized spacial score (nSPS) is 9.92.